The normalized spacial score (nSPS) is 12.8. The third-order valence-electron chi connectivity index (χ3n) is 2.00. The highest BCUT2D eigenvalue weighted by atomic mass is 16.3. The van der Waals surface area contributed by atoms with E-state index in [0.717, 1.165) is 24.0 Å². The summed E-state index contributed by atoms with van der Waals surface area (Å²) in [6.45, 7) is 4.04. The van der Waals surface area contributed by atoms with Crippen LogP contribution in [0, 0.1) is 0 Å². The number of rotatable bonds is 3. The molecule has 0 saturated heterocycles. The van der Waals surface area contributed by atoms with E-state index in [4.69, 9.17) is 5.73 Å². The second kappa shape index (κ2) is 4.28. The molecule has 2 heteroatoms. The Morgan fingerprint density at radius 2 is 1.92 bits per heavy atom. The lowest BCUT2D eigenvalue weighted by Crippen LogP contribution is -2.17. The number of nitrogens with two attached hydrogens (primary N) is 1. The summed E-state index contributed by atoms with van der Waals surface area (Å²) in [5, 5.41) is 9.40. The number of hydrogen-bond acceptors (Lipinski definition) is 2. The second-order valence-electron chi connectivity index (χ2n) is 3.54. The lowest BCUT2D eigenvalue weighted by molar-refractivity contribution is 0.473. The molecule has 0 bridgehead atoms. The first kappa shape index (κ1) is 10.1. The minimum atomic E-state index is 0.145. The van der Waals surface area contributed by atoms with Crippen LogP contribution in [0.2, 0.25) is 0 Å². The van der Waals surface area contributed by atoms with Gasteiger partial charge in [-0.1, -0.05) is 13.0 Å². The monoisotopic (exact) mass is 179 g/mol. The van der Waals surface area contributed by atoms with Gasteiger partial charge in [-0.25, -0.2) is 0 Å². The Balaban J connectivity index is 2.88. The summed E-state index contributed by atoms with van der Waals surface area (Å²) in [6.07, 6.45) is 1.77. The summed E-state index contributed by atoms with van der Waals surface area (Å²) in [6, 6.07) is 5.82. The molecule has 1 aromatic carbocycles. The standard InChI is InChI=1S/C11H17NO/c1-3-9-5-10(4-8(2)12)7-11(13)6-9/h5-8,13H,3-4,12H2,1-2H3. The third-order valence-corrected chi connectivity index (χ3v) is 2.00. The van der Waals surface area contributed by atoms with Crippen LogP contribution in [0.1, 0.15) is 25.0 Å². The van der Waals surface area contributed by atoms with Gasteiger partial charge in [-0.15, -0.1) is 0 Å². The highest BCUT2D eigenvalue weighted by Gasteiger charge is 2.01. The van der Waals surface area contributed by atoms with Gasteiger partial charge >= 0.3 is 0 Å². The molecular formula is C11H17NO. The zero-order chi connectivity index (χ0) is 9.84. The quantitative estimate of drug-likeness (QED) is 0.743. The van der Waals surface area contributed by atoms with Crippen molar-refractivity contribution in [1.29, 1.82) is 0 Å². The third kappa shape index (κ3) is 3.07. The fourth-order valence-electron chi connectivity index (χ4n) is 1.44. The molecule has 0 aliphatic carbocycles. The molecule has 1 rings (SSSR count). The van der Waals surface area contributed by atoms with Crippen LogP contribution in [0.5, 0.6) is 5.75 Å². The van der Waals surface area contributed by atoms with Crippen LogP contribution in [-0.4, -0.2) is 11.1 Å². The molecule has 0 amide bonds. The maximum atomic E-state index is 9.40. The Bertz CT molecular complexity index is 281. The van der Waals surface area contributed by atoms with Gasteiger partial charge in [0.2, 0.25) is 0 Å². The maximum absolute atomic E-state index is 9.40. The Kier molecular flexibility index (Phi) is 3.32. The first-order chi connectivity index (χ1) is 6.11. The van der Waals surface area contributed by atoms with E-state index in [1.54, 1.807) is 12.1 Å². The van der Waals surface area contributed by atoms with E-state index < -0.39 is 0 Å². The van der Waals surface area contributed by atoms with Crippen molar-refractivity contribution < 1.29 is 5.11 Å². The van der Waals surface area contributed by atoms with Crippen molar-refractivity contribution in [2.45, 2.75) is 32.7 Å². The van der Waals surface area contributed by atoms with Crippen molar-refractivity contribution in [1.82, 2.24) is 0 Å². The lowest BCUT2D eigenvalue weighted by atomic mass is 10.0. The van der Waals surface area contributed by atoms with Gasteiger partial charge in [-0.2, -0.15) is 0 Å². The summed E-state index contributed by atoms with van der Waals surface area (Å²) in [4.78, 5) is 0. The van der Waals surface area contributed by atoms with Crippen molar-refractivity contribution in [3.63, 3.8) is 0 Å². The molecule has 1 aromatic rings. The van der Waals surface area contributed by atoms with E-state index in [9.17, 15) is 5.11 Å². The Hall–Kier alpha value is -1.02. The minimum Gasteiger partial charge on any atom is -0.508 e. The topological polar surface area (TPSA) is 46.2 Å². The Morgan fingerprint density at radius 1 is 1.31 bits per heavy atom. The smallest absolute Gasteiger partial charge is 0.116 e. The number of phenolic OH excluding ortho intramolecular Hbond substituents is 1. The van der Waals surface area contributed by atoms with Gasteiger partial charge in [0, 0.05) is 6.04 Å². The van der Waals surface area contributed by atoms with Gasteiger partial charge in [-0.05, 0) is 43.0 Å². The second-order valence-corrected chi connectivity index (χ2v) is 3.54. The van der Waals surface area contributed by atoms with Crippen LogP contribution in [0.25, 0.3) is 0 Å². The van der Waals surface area contributed by atoms with Crippen LogP contribution in [0.3, 0.4) is 0 Å². The van der Waals surface area contributed by atoms with Crippen molar-refractivity contribution in [3.05, 3.63) is 29.3 Å². The summed E-state index contributed by atoms with van der Waals surface area (Å²) < 4.78 is 0. The summed E-state index contributed by atoms with van der Waals surface area (Å²) in [5.41, 5.74) is 7.96. The summed E-state index contributed by atoms with van der Waals surface area (Å²) in [7, 11) is 0. The number of aromatic hydroxyl groups is 1. The van der Waals surface area contributed by atoms with E-state index in [-0.39, 0.29) is 6.04 Å². The molecular weight excluding hydrogens is 162 g/mol. The fourth-order valence-corrected chi connectivity index (χ4v) is 1.44. The first-order valence-corrected chi connectivity index (χ1v) is 4.69. The molecule has 13 heavy (non-hydrogen) atoms. The van der Waals surface area contributed by atoms with Crippen LogP contribution in [-0.2, 0) is 12.8 Å². The van der Waals surface area contributed by atoms with E-state index in [1.165, 1.54) is 0 Å². The first-order valence-electron chi connectivity index (χ1n) is 4.69. The highest BCUT2D eigenvalue weighted by molar-refractivity contribution is 5.33. The molecule has 72 valence electrons. The van der Waals surface area contributed by atoms with Crippen LogP contribution in [0.15, 0.2) is 18.2 Å². The molecule has 0 aliphatic heterocycles. The molecule has 1 atom stereocenters. The van der Waals surface area contributed by atoms with Gasteiger partial charge in [0.1, 0.15) is 5.75 Å². The molecule has 0 aliphatic rings. The molecule has 0 saturated carbocycles. The van der Waals surface area contributed by atoms with Crippen LogP contribution >= 0.6 is 0 Å². The molecule has 0 aromatic heterocycles. The van der Waals surface area contributed by atoms with Gasteiger partial charge < -0.3 is 10.8 Å². The molecule has 2 nitrogen and oxygen atoms in total. The van der Waals surface area contributed by atoms with Gasteiger partial charge in [0.15, 0.2) is 0 Å². The van der Waals surface area contributed by atoms with Gasteiger partial charge in [0.05, 0.1) is 0 Å². The molecule has 0 heterocycles. The maximum Gasteiger partial charge on any atom is 0.116 e. The van der Waals surface area contributed by atoms with Gasteiger partial charge in [0.25, 0.3) is 0 Å². The predicted octanol–water partition coefficient (Wildman–Crippen LogP) is 1.84. The van der Waals surface area contributed by atoms with E-state index in [2.05, 4.69) is 13.0 Å². The minimum absolute atomic E-state index is 0.145. The average molecular weight is 179 g/mol. The van der Waals surface area contributed by atoms with E-state index >= 15 is 0 Å². The van der Waals surface area contributed by atoms with Gasteiger partial charge in [-0.3, -0.25) is 0 Å². The highest BCUT2D eigenvalue weighted by Crippen LogP contribution is 2.17. The van der Waals surface area contributed by atoms with Crippen LogP contribution < -0.4 is 5.73 Å². The van der Waals surface area contributed by atoms with E-state index in [1.807, 2.05) is 6.92 Å². The summed E-state index contributed by atoms with van der Waals surface area (Å²) >= 11 is 0. The SMILES string of the molecule is CCc1cc(O)cc(CC(C)N)c1. The largest absolute Gasteiger partial charge is 0.508 e. The molecule has 1 unspecified atom stereocenters. The van der Waals surface area contributed by atoms with Crippen LogP contribution in [0.4, 0.5) is 0 Å². The molecule has 0 fully saturated rings. The van der Waals surface area contributed by atoms with Crippen molar-refractivity contribution in [3.8, 4) is 5.75 Å². The Morgan fingerprint density at radius 3 is 2.46 bits per heavy atom. The molecule has 0 spiro atoms. The lowest BCUT2D eigenvalue weighted by Gasteiger charge is -2.07. The number of aryl methyl sites for hydroxylation is 1. The van der Waals surface area contributed by atoms with Crippen molar-refractivity contribution in [2.75, 3.05) is 0 Å². The number of hydrogen-bond donors (Lipinski definition) is 2. The van der Waals surface area contributed by atoms with E-state index in [0.29, 0.717) is 5.75 Å². The van der Waals surface area contributed by atoms with Crippen molar-refractivity contribution >= 4 is 0 Å². The zero-order valence-corrected chi connectivity index (χ0v) is 8.25. The number of benzene rings is 1. The Labute approximate surface area is 79.4 Å². The average Bonchev–Trinajstić information content (AvgIpc) is 2.01. The number of phenols is 1. The summed E-state index contributed by atoms with van der Waals surface area (Å²) in [5.74, 6) is 0.343. The van der Waals surface area contributed by atoms with Crippen molar-refractivity contribution in [2.24, 2.45) is 5.73 Å². The fraction of sp³-hybridized carbons (Fsp3) is 0.455. The zero-order valence-electron chi connectivity index (χ0n) is 8.25. The predicted molar refractivity (Wildman–Crippen MR) is 54.8 cm³/mol. The molecule has 3 N–H and O–H groups in total. The molecule has 0 radical (unpaired) electrons.